The van der Waals surface area contributed by atoms with E-state index in [-0.39, 0.29) is 11.7 Å². The molecule has 2 heterocycles. The van der Waals surface area contributed by atoms with Gasteiger partial charge in [-0.25, -0.2) is 0 Å². The molecule has 0 saturated heterocycles. The number of carbonyl (C=O) groups excluding carboxylic acids is 1. The third-order valence-corrected chi connectivity index (χ3v) is 5.20. The maximum Gasteiger partial charge on any atom is 0.291 e. The van der Waals surface area contributed by atoms with Gasteiger partial charge in [-0.05, 0) is 42.9 Å². The third-order valence-electron chi connectivity index (χ3n) is 4.03. The number of furan rings is 1. The van der Waals surface area contributed by atoms with Crippen molar-refractivity contribution in [3.05, 3.63) is 40.2 Å². The van der Waals surface area contributed by atoms with Gasteiger partial charge in [0.15, 0.2) is 5.76 Å². The van der Waals surface area contributed by atoms with Crippen LogP contribution >= 0.6 is 11.3 Å². The summed E-state index contributed by atoms with van der Waals surface area (Å²) in [7, 11) is 0. The Labute approximate surface area is 127 Å². The molecule has 0 radical (unpaired) electrons. The van der Waals surface area contributed by atoms with Crippen molar-refractivity contribution in [2.75, 3.05) is 5.32 Å². The van der Waals surface area contributed by atoms with Gasteiger partial charge in [-0.1, -0.05) is 13.3 Å². The Kier molecular flexibility index (Phi) is 3.80. The molecule has 21 heavy (non-hydrogen) atoms. The molecule has 0 fully saturated rings. The zero-order valence-corrected chi connectivity index (χ0v) is 12.6. The van der Waals surface area contributed by atoms with Crippen LogP contribution in [-0.4, -0.2) is 5.91 Å². The molecule has 1 aliphatic rings. The molecule has 0 spiro atoms. The van der Waals surface area contributed by atoms with E-state index < -0.39 is 0 Å². The van der Waals surface area contributed by atoms with Crippen molar-refractivity contribution >= 4 is 22.2 Å². The third kappa shape index (κ3) is 2.59. The van der Waals surface area contributed by atoms with Crippen molar-refractivity contribution in [1.29, 1.82) is 5.26 Å². The SMILES string of the molecule is CC[C@H]1CCc2c(sc(NC(=O)c3ccco3)c2C#N)C1. The lowest BCUT2D eigenvalue weighted by molar-refractivity contribution is 0.0997. The average molecular weight is 300 g/mol. The number of nitrogens with one attached hydrogen (secondary N) is 1. The topological polar surface area (TPSA) is 66.0 Å². The highest BCUT2D eigenvalue weighted by Crippen LogP contribution is 2.40. The molecule has 5 heteroatoms. The van der Waals surface area contributed by atoms with Crippen molar-refractivity contribution in [3.63, 3.8) is 0 Å². The van der Waals surface area contributed by atoms with Gasteiger partial charge in [-0.15, -0.1) is 11.3 Å². The molecule has 2 aromatic heterocycles. The number of hydrogen-bond donors (Lipinski definition) is 1. The Morgan fingerprint density at radius 2 is 2.48 bits per heavy atom. The fourth-order valence-electron chi connectivity index (χ4n) is 2.78. The Morgan fingerprint density at radius 3 is 3.14 bits per heavy atom. The molecule has 0 aliphatic heterocycles. The van der Waals surface area contributed by atoms with Gasteiger partial charge in [-0.2, -0.15) is 5.26 Å². The summed E-state index contributed by atoms with van der Waals surface area (Å²) in [6.45, 7) is 2.20. The first-order valence-corrected chi connectivity index (χ1v) is 7.94. The molecule has 0 unspecified atom stereocenters. The number of amides is 1. The van der Waals surface area contributed by atoms with E-state index in [0.717, 1.165) is 31.2 Å². The van der Waals surface area contributed by atoms with E-state index in [1.165, 1.54) is 22.5 Å². The number of rotatable bonds is 3. The van der Waals surface area contributed by atoms with Crippen LogP contribution in [0.2, 0.25) is 0 Å². The van der Waals surface area contributed by atoms with Crippen molar-refractivity contribution in [2.45, 2.75) is 32.6 Å². The van der Waals surface area contributed by atoms with E-state index in [2.05, 4.69) is 18.3 Å². The summed E-state index contributed by atoms with van der Waals surface area (Å²) in [5.74, 6) is 0.648. The lowest BCUT2D eigenvalue weighted by Crippen LogP contribution is -2.12. The standard InChI is InChI=1S/C16H16N2O2S/c1-2-10-5-6-11-12(9-17)16(21-14(11)8-10)18-15(19)13-4-3-7-20-13/h3-4,7,10H,2,5-6,8H2,1H3,(H,18,19)/t10-/m0/s1. The molecular weight excluding hydrogens is 284 g/mol. The molecule has 0 saturated carbocycles. The van der Waals surface area contributed by atoms with Gasteiger partial charge in [0.05, 0.1) is 11.8 Å². The molecular formula is C16H16N2O2S. The predicted molar refractivity (Wildman–Crippen MR) is 81.5 cm³/mol. The van der Waals surface area contributed by atoms with E-state index >= 15 is 0 Å². The smallest absolute Gasteiger partial charge is 0.291 e. The molecule has 0 bridgehead atoms. The van der Waals surface area contributed by atoms with Crippen LogP contribution in [0.25, 0.3) is 0 Å². The van der Waals surface area contributed by atoms with Crippen LogP contribution in [0.15, 0.2) is 22.8 Å². The molecule has 1 atom stereocenters. The summed E-state index contributed by atoms with van der Waals surface area (Å²) in [5, 5.41) is 12.9. The van der Waals surface area contributed by atoms with Crippen LogP contribution in [0.1, 0.15) is 46.3 Å². The van der Waals surface area contributed by atoms with E-state index in [1.54, 1.807) is 12.1 Å². The van der Waals surface area contributed by atoms with Crippen LogP contribution in [0.4, 0.5) is 5.00 Å². The number of carbonyl (C=O) groups is 1. The summed E-state index contributed by atoms with van der Waals surface area (Å²) in [4.78, 5) is 13.3. The van der Waals surface area contributed by atoms with E-state index in [4.69, 9.17) is 4.42 Å². The predicted octanol–water partition coefficient (Wildman–Crippen LogP) is 3.98. The van der Waals surface area contributed by atoms with Gasteiger partial charge in [0.25, 0.3) is 5.91 Å². The summed E-state index contributed by atoms with van der Waals surface area (Å²) in [6.07, 6.45) is 5.70. The number of anilines is 1. The highest BCUT2D eigenvalue weighted by Gasteiger charge is 2.26. The first-order chi connectivity index (χ1) is 10.2. The largest absolute Gasteiger partial charge is 0.459 e. The van der Waals surface area contributed by atoms with Crippen molar-refractivity contribution in [3.8, 4) is 6.07 Å². The van der Waals surface area contributed by atoms with Crippen LogP contribution in [0.5, 0.6) is 0 Å². The van der Waals surface area contributed by atoms with E-state index in [0.29, 0.717) is 16.5 Å². The van der Waals surface area contributed by atoms with Crippen LogP contribution in [0.3, 0.4) is 0 Å². The minimum atomic E-state index is -0.304. The zero-order valence-electron chi connectivity index (χ0n) is 11.8. The summed E-state index contributed by atoms with van der Waals surface area (Å²) in [6, 6.07) is 5.54. The van der Waals surface area contributed by atoms with Crippen molar-refractivity contribution < 1.29 is 9.21 Å². The molecule has 3 rings (SSSR count). The van der Waals surface area contributed by atoms with Gasteiger partial charge in [0.1, 0.15) is 11.1 Å². The van der Waals surface area contributed by atoms with Gasteiger partial charge >= 0.3 is 0 Å². The van der Waals surface area contributed by atoms with Gasteiger partial charge < -0.3 is 9.73 Å². The van der Waals surface area contributed by atoms with Gasteiger partial charge in [0.2, 0.25) is 0 Å². The number of fused-ring (bicyclic) bond motifs is 1. The van der Waals surface area contributed by atoms with E-state index in [9.17, 15) is 10.1 Å². The number of nitriles is 1. The highest BCUT2D eigenvalue weighted by molar-refractivity contribution is 7.16. The maximum atomic E-state index is 12.1. The van der Waals surface area contributed by atoms with Gasteiger partial charge in [-0.3, -0.25) is 4.79 Å². The molecule has 0 aromatic carbocycles. The second-order valence-electron chi connectivity index (χ2n) is 5.27. The maximum absolute atomic E-state index is 12.1. The molecule has 4 nitrogen and oxygen atoms in total. The summed E-state index contributed by atoms with van der Waals surface area (Å²) in [5.41, 5.74) is 1.76. The Bertz CT molecular complexity index is 695. The number of nitrogens with zero attached hydrogens (tertiary/aromatic N) is 1. The average Bonchev–Trinajstić information content (AvgIpc) is 3.13. The first kappa shape index (κ1) is 13.9. The second kappa shape index (κ2) is 5.74. The van der Waals surface area contributed by atoms with Crippen LogP contribution in [0, 0.1) is 17.2 Å². The normalized spacial score (nSPS) is 17.0. The molecule has 108 valence electrons. The molecule has 1 aliphatic carbocycles. The molecule has 2 aromatic rings. The minimum Gasteiger partial charge on any atom is -0.459 e. The fraction of sp³-hybridized carbons (Fsp3) is 0.375. The number of hydrogen-bond acceptors (Lipinski definition) is 4. The summed E-state index contributed by atoms with van der Waals surface area (Å²) < 4.78 is 5.09. The van der Waals surface area contributed by atoms with Crippen LogP contribution < -0.4 is 5.32 Å². The zero-order chi connectivity index (χ0) is 14.8. The number of thiophene rings is 1. The fourth-order valence-corrected chi connectivity index (χ4v) is 4.09. The van der Waals surface area contributed by atoms with Crippen LogP contribution in [-0.2, 0) is 12.8 Å². The minimum absolute atomic E-state index is 0.261. The first-order valence-electron chi connectivity index (χ1n) is 7.12. The Balaban J connectivity index is 1.88. The van der Waals surface area contributed by atoms with Gasteiger partial charge in [0, 0.05) is 4.88 Å². The molecule has 1 N–H and O–H groups in total. The lowest BCUT2D eigenvalue weighted by atomic mass is 9.86. The molecule has 1 amide bonds. The highest BCUT2D eigenvalue weighted by atomic mass is 32.1. The Morgan fingerprint density at radius 1 is 1.62 bits per heavy atom. The monoisotopic (exact) mass is 300 g/mol. The van der Waals surface area contributed by atoms with E-state index in [1.807, 2.05) is 0 Å². The summed E-state index contributed by atoms with van der Waals surface area (Å²) >= 11 is 1.54. The van der Waals surface area contributed by atoms with Crippen molar-refractivity contribution in [2.24, 2.45) is 5.92 Å². The Hall–Kier alpha value is -2.06. The second-order valence-corrected chi connectivity index (χ2v) is 6.37. The lowest BCUT2D eigenvalue weighted by Gasteiger charge is -2.20. The quantitative estimate of drug-likeness (QED) is 0.932. The van der Waals surface area contributed by atoms with Crippen molar-refractivity contribution in [1.82, 2.24) is 0 Å².